The first kappa shape index (κ1) is 15.1. The lowest BCUT2D eigenvalue weighted by atomic mass is 9.99. The topological polar surface area (TPSA) is 89.3 Å². The molecule has 2 aromatic rings. The van der Waals surface area contributed by atoms with E-state index in [0.29, 0.717) is 22.5 Å². The van der Waals surface area contributed by atoms with Crippen LogP contribution >= 0.6 is 0 Å². The van der Waals surface area contributed by atoms with Gasteiger partial charge in [0.15, 0.2) is 5.78 Å². The third-order valence-electron chi connectivity index (χ3n) is 3.02. The van der Waals surface area contributed by atoms with E-state index in [1.807, 2.05) is 13.0 Å². The number of rotatable bonds is 4. The van der Waals surface area contributed by atoms with Gasteiger partial charge in [-0.25, -0.2) is 8.42 Å². The van der Waals surface area contributed by atoms with E-state index in [-0.39, 0.29) is 5.78 Å². The molecule has 0 spiro atoms. The quantitative estimate of drug-likeness (QED) is 0.669. The fourth-order valence-electron chi connectivity index (χ4n) is 1.94. The van der Waals surface area contributed by atoms with Crippen LogP contribution in [0.3, 0.4) is 0 Å². The normalized spacial score (nSPS) is 11.1. The highest BCUT2D eigenvalue weighted by Crippen LogP contribution is 2.21. The fraction of sp³-hybridized carbons (Fsp3) is 0.133. The molecule has 2 rings (SSSR count). The van der Waals surface area contributed by atoms with E-state index >= 15 is 0 Å². The Morgan fingerprint density at radius 2 is 1.71 bits per heavy atom. The van der Waals surface area contributed by atoms with Crippen molar-refractivity contribution in [2.24, 2.45) is 0 Å². The number of carbonyl (C=O) groups excluding carboxylic acids is 1. The van der Waals surface area contributed by atoms with Crippen molar-refractivity contribution in [2.45, 2.75) is 6.92 Å². The van der Waals surface area contributed by atoms with Gasteiger partial charge in [0, 0.05) is 22.5 Å². The number of nitrogens with one attached hydrogen (secondary N) is 1. The van der Waals surface area contributed by atoms with Crippen molar-refractivity contribution in [3.8, 4) is 0 Å². The maximum absolute atomic E-state index is 12.4. The van der Waals surface area contributed by atoms with Crippen LogP contribution in [0.2, 0.25) is 0 Å². The predicted octanol–water partition coefficient (Wildman–Crippen LogP) is 2.18. The summed E-state index contributed by atoms with van der Waals surface area (Å²) in [5.74, 6) is -0.192. The Morgan fingerprint density at radius 1 is 1.10 bits per heavy atom. The molecule has 0 atom stereocenters. The van der Waals surface area contributed by atoms with Crippen LogP contribution < -0.4 is 10.5 Å². The Balaban J connectivity index is 2.30. The largest absolute Gasteiger partial charge is 0.398 e. The van der Waals surface area contributed by atoms with Crippen LogP contribution in [-0.4, -0.2) is 20.5 Å². The zero-order chi connectivity index (χ0) is 15.6. The van der Waals surface area contributed by atoms with Gasteiger partial charge in [0.25, 0.3) is 0 Å². The summed E-state index contributed by atoms with van der Waals surface area (Å²) in [6, 6.07) is 11.5. The molecule has 0 saturated heterocycles. The molecule has 0 radical (unpaired) electrons. The van der Waals surface area contributed by atoms with Gasteiger partial charge in [-0.3, -0.25) is 9.52 Å². The summed E-state index contributed by atoms with van der Waals surface area (Å²) in [5, 5.41) is 0. The molecule has 0 unspecified atom stereocenters. The van der Waals surface area contributed by atoms with Crippen LogP contribution in [0.15, 0.2) is 42.5 Å². The van der Waals surface area contributed by atoms with Crippen LogP contribution in [0.1, 0.15) is 21.5 Å². The maximum atomic E-state index is 12.4. The third kappa shape index (κ3) is 3.61. The molecule has 6 heteroatoms. The summed E-state index contributed by atoms with van der Waals surface area (Å²) in [6.45, 7) is 1.84. The molecule has 5 nitrogen and oxygen atoms in total. The second kappa shape index (κ2) is 5.57. The molecule has 21 heavy (non-hydrogen) atoms. The highest BCUT2D eigenvalue weighted by atomic mass is 32.2. The molecule has 0 aromatic heterocycles. The number of aryl methyl sites for hydroxylation is 1. The van der Waals surface area contributed by atoms with E-state index in [1.165, 1.54) is 0 Å². The summed E-state index contributed by atoms with van der Waals surface area (Å²) < 4.78 is 24.6. The molecule has 2 aromatic carbocycles. The van der Waals surface area contributed by atoms with E-state index in [2.05, 4.69) is 4.72 Å². The van der Waals surface area contributed by atoms with Crippen LogP contribution in [0.25, 0.3) is 0 Å². The number of nitrogens with two attached hydrogens (primary N) is 1. The summed E-state index contributed by atoms with van der Waals surface area (Å²) in [5.41, 5.74) is 8.53. The highest BCUT2D eigenvalue weighted by Gasteiger charge is 2.13. The molecule has 0 saturated carbocycles. The van der Waals surface area contributed by atoms with Gasteiger partial charge < -0.3 is 5.73 Å². The lowest BCUT2D eigenvalue weighted by Gasteiger charge is -2.08. The average molecular weight is 304 g/mol. The van der Waals surface area contributed by atoms with Gasteiger partial charge in [0.2, 0.25) is 10.0 Å². The van der Waals surface area contributed by atoms with E-state index in [0.717, 1.165) is 11.8 Å². The van der Waals surface area contributed by atoms with Gasteiger partial charge in [-0.2, -0.15) is 0 Å². The predicted molar refractivity (Wildman–Crippen MR) is 83.9 cm³/mol. The van der Waals surface area contributed by atoms with Crippen LogP contribution in [-0.2, 0) is 10.0 Å². The van der Waals surface area contributed by atoms with Crippen molar-refractivity contribution in [3.63, 3.8) is 0 Å². The molecule has 0 amide bonds. The van der Waals surface area contributed by atoms with Gasteiger partial charge in [-0.15, -0.1) is 0 Å². The summed E-state index contributed by atoms with van der Waals surface area (Å²) >= 11 is 0. The lowest BCUT2D eigenvalue weighted by molar-refractivity contribution is 0.103. The Labute approximate surface area is 123 Å². The Bertz CT molecular complexity index is 781. The lowest BCUT2D eigenvalue weighted by Crippen LogP contribution is -2.10. The van der Waals surface area contributed by atoms with Crippen molar-refractivity contribution in [1.29, 1.82) is 0 Å². The van der Waals surface area contributed by atoms with Gasteiger partial charge in [-0.1, -0.05) is 12.1 Å². The molecular weight excluding hydrogens is 288 g/mol. The van der Waals surface area contributed by atoms with Crippen LogP contribution in [0.5, 0.6) is 0 Å². The first-order valence-electron chi connectivity index (χ1n) is 6.25. The maximum Gasteiger partial charge on any atom is 0.229 e. The molecular formula is C15H16N2O3S. The van der Waals surface area contributed by atoms with Crippen molar-refractivity contribution in [2.75, 3.05) is 16.7 Å². The second-order valence-electron chi connectivity index (χ2n) is 4.82. The number of ketones is 1. The fourth-order valence-corrected chi connectivity index (χ4v) is 2.50. The smallest absolute Gasteiger partial charge is 0.229 e. The minimum Gasteiger partial charge on any atom is -0.398 e. The molecule has 0 aliphatic rings. The summed E-state index contributed by atoms with van der Waals surface area (Å²) in [7, 11) is -3.33. The molecule has 0 bridgehead atoms. The minimum absolute atomic E-state index is 0.192. The number of hydrogen-bond donors (Lipinski definition) is 2. The molecule has 0 aliphatic heterocycles. The number of hydrogen-bond acceptors (Lipinski definition) is 4. The molecule has 0 aliphatic carbocycles. The average Bonchev–Trinajstić information content (AvgIpc) is 2.40. The highest BCUT2D eigenvalue weighted by molar-refractivity contribution is 7.92. The van der Waals surface area contributed by atoms with E-state index in [4.69, 9.17) is 5.73 Å². The van der Waals surface area contributed by atoms with Gasteiger partial charge in [0.1, 0.15) is 0 Å². The summed E-state index contributed by atoms with van der Waals surface area (Å²) in [4.78, 5) is 12.4. The minimum atomic E-state index is -3.33. The second-order valence-corrected chi connectivity index (χ2v) is 6.57. The van der Waals surface area contributed by atoms with Crippen LogP contribution in [0, 0.1) is 6.92 Å². The van der Waals surface area contributed by atoms with Crippen molar-refractivity contribution < 1.29 is 13.2 Å². The van der Waals surface area contributed by atoms with Crippen LogP contribution in [0.4, 0.5) is 11.4 Å². The van der Waals surface area contributed by atoms with Gasteiger partial charge in [-0.05, 0) is 42.8 Å². The number of para-hydroxylation sites is 1. The zero-order valence-corrected chi connectivity index (χ0v) is 12.6. The molecule has 110 valence electrons. The van der Waals surface area contributed by atoms with E-state index in [9.17, 15) is 13.2 Å². The Morgan fingerprint density at radius 3 is 2.29 bits per heavy atom. The first-order chi connectivity index (χ1) is 9.78. The third-order valence-corrected chi connectivity index (χ3v) is 3.63. The molecule has 0 fully saturated rings. The Hall–Kier alpha value is -2.34. The molecule has 3 N–H and O–H groups in total. The number of anilines is 2. The number of benzene rings is 2. The van der Waals surface area contributed by atoms with E-state index in [1.54, 1.807) is 36.4 Å². The first-order valence-corrected chi connectivity index (χ1v) is 8.15. The van der Waals surface area contributed by atoms with Crippen molar-refractivity contribution in [3.05, 3.63) is 59.2 Å². The van der Waals surface area contributed by atoms with Gasteiger partial charge in [0.05, 0.1) is 6.26 Å². The number of sulfonamides is 1. The van der Waals surface area contributed by atoms with Crippen molar-refractivity contribution in [1.82, 2.24) is 0 Å². The van der Waals surface area contributed by atoms with Gasteiger partial charge >= 0.3 is 0 Å². The number of carbonyl (C=O) groups is 1. The summed E-state index contributed by atoms with van der Waals surface area (Å²) in [6.07, 6.45) is 1.07. The monoisotopic (exact) mass is 304 g/mol. The standard InChI is InChI=1S/C15H16N2O3S/c1-10-4-3-5-13(14(10)16)15(18)11-6-8-12(9-7-11)17-21(2,19)20/h3-9,17H,16H2,1-2H3. The zero-order valence-electron chi connectivity index (χ0n) is 11.8. The SMILES string of the molecule is Cc1cccc(C(=O)c2ccc(NS(C)(=O)=O)cc2)c1N. The number of nitrogen functional groups attached to an aromatic ring is 1. The Kier molecular flexibility index (Phi) is 3.99. The molecule has 0 heterocycles. The van der Waals surface area contributed by atoms with Crippen molar-refractivity contribution >= 4 is 27.2 Å². The van der Waals surface area contributed by atoms with E-state index < -0.39 is 10.0 Å².